The number of aromatic nitrogens is 1. The molecule has 2 amide bonds. The van der Waals surface area contributed by atoms with Crippen LogP contribution in [0.1, 0.15) is 38.4 Å². The number of rotatable bonds is 4. The van der Waals surface area contributed by atoms with Crippen molar-refractivity contribution in [3.8, 4) is 0 Å². The lowest BCUT2D eigenvalue weighted by Gasteiger charge is -2.11. The molecule has 1 saturated heterocycles. The molecule has 1 aromatic carbocycles. The van der Waals surface area contributed by atoms with Gasteiger partial charge in [-0.1, -0.05) is 6.07 Å². The number of sulfone groups is 1. The molecule has 1 aliphatic heterocycles. The van der Waals surface area contributed by atoms with Crippen molar-refractivity contribution in [3.05, 3.63) is 58.9 Å². The van der Waals surface area contributed by atoms with Gasteiger partial charge in [0.25, 0.3) is 11.8 Å². The van der Waals surface area contributed by atoms with Gasteiger partial charge >= 0.3 is 0 Å². The highest BCUT2D eigenvalue weighted by Crippen LogP contribution is 2.16. The summed E-state index contributed by atoms with van der Waals surface area (Å²) in [6.45, 7) is 3.94. The first-order valence-corrected chi connectivity index (χ1v) is 10.4. The van der Waals surface area contributed by atoms with Gasteiger partial charge in [-0.15, -0.1) is 0 Å². The molecule has 1 atom stereocenters. The van der Waals surface area contributed by atoms with Gasteiger partial charge in [-0.2, -0.15) is 0 Å². The number of benzene rings is 1. The summed E-state index contributed by atoms with van der Waals surface area (Å²) < 4.78 is 23.0. The van der Waals surface area contributed by atoms with Crippen LogP contribution in [-0.4, -0.2) is 42.8 Å². The van der Waals surface area contributed by atoms with Crippen LogP contribution in [0.3, 0.4) is 0 Å². The van der Waals surface area contributed by atoms with E-state index in [1.54, 1.807) is 6.07 Å². The van der Waals surface area contributed by atoms with Crippen molar-refractivity contribution >= 4 is 27.3 Å². The monoisotopic (exact) mass is 387 g/mol. The van der Waals surface area contributed by atoms with Crippen molar-refractivity contribution in [3.63, 3.8) is 0 Å². The van der Waals surface area contributed by atoms with Crippen molar-refractivity contribution in [2.75, 3.05) is 16.8 Å². The summed E-state index contributed by atoms with van der Waals surface area (Å²) in [5.41, 5.74) is 3.20. The lowest BCUT2D eigenvalue weighted by Crippen LogP contribution is -2.35. The SMILES string of the molecule is Cc1ccc(NC(=O)c2cc(C(=O)NC3CCS(=O)(=O)C3)ccn2)cc1C. The highest BCUT2D eigenvalue weighted by molar-refractivity contribution is 7.91. The van der Waals surface area contributed by atoms with E-state index in [0.29, 0.717) is 12.1 Å². The van der Waals surface area contributed by atoms with Crippen molar-refractivity contribution in [1.29, 1.82) is 0 Å². The fourth-order valence-electron chi connectivity index (χ4n) is 2.89. The summed E-state index contributed by atoms with van der Waals surface area (Å²) in [5.74, 6) is -0.807. The van der Waals surface area contributed by atoms with E-state index in [1.807, 2.05) is 26.0 Å². The Bertz CT molecular complexity index is 1000. The standard InChI is InChI=1S/C19H21N3O4S/c1-12-3-4-15(9-13(12)2)21-19(24)17-10-14(5-7-20-17)18(23)22-16-6-8-27(25,26)11-16/h3-5,7,9-10,16H,6,8,11H2,1-2H3,(H,21,24)(H,22,23). The number of hydrogen-bond acceptors (Lipinski definition) is 5. The summed E-state index contributed by atoms with van der Waals surface area (Å²) in [6, 6.07) is 8.07. The highest BCUT2D eigenvalue weighted by atomic mass is 32.2. The van der Waals surface area contributed by atoms with Gasteiger partial charge in [0, 0.05) is 23.5 Å². The van der Waals surface area contributed by atoms with E-state index in [1.165, 1.54) is 18.3 Å². The lowest BCUT2D eigenvalue weighted by atomic mass is 10.1. The van der Waals surface area contributed by atoms with Crippen LogP contribution >= 0.6 is 0 Å². The molecule has 0 bridgehead atoms. The summed E-state index contributed by atoms with van der Waals surface area (Å²) in [6.07, 6.45) is 1.79. The topological polar surface area (TPSA) is 105 Å². The van der Waals surface area contributed by atoms with Crippen LogP contribution in [0, 0.1) is 13.8 Å². The van der Waals surface area contributed by atoms with Gasteiger partial charge in [-0.05, 0) is 55.7 Å². The summed E-state index contributed by atoms with van der Waals surface area (Å²) in [4.78, 5) is 28.8. The zero-order chi connectivity index (χ0) is 19.6. The molecule has 2 heterocycles. The summed E-state index contributed by atoms with van der Waals surface area (Å²) in [5, 5.41) is 5.47. The van der Waals surface area contributed by atoms with Crippen molar-refractivity contribution in [1.82, 2.24) is 10.3 Å². The molecule has 1 unspecified atom stereocenters. The molecular weight excluding hydrogens is 366 g/mol. The molecule has 27 heavy (non-hydrogen) atoms. The average Bonchev–Trinajstić information content (AvgIpc) is 2.96. The van der Waals surface area contributed by atoms with Crippen LogP contribution in [0.4, 0.5) is 5.69 Å². The molecule has 7 nitrogen and oxygen atoms in total. The van der Waals surface area contributed by atoms with Crippen molar-refractivity contribution in [2.45, 2.75) is 26.3 Å². The Hall–Kier alpha value is -2.74. The van der Waals surface area contributed by atoms with Crippen molar-refractivity contribution < 1.29 is 18.0 Å². The fraction of sp³-hybridized carbons (Fsp3) is 0.316. The van der Waals surface area contributed by atoms with Gasteiger partial charge in [0.15, 0.2) is 9.84 Å². The van der Waals surface area contributed by atoms with Gasteiger partial charge in [-0.25, -0.2) is 8.42 Å². The van der Waals surface area contributed by atoms with Gasteiger partial charge in [0.05, 0.1) is 11.5 Å². The third-order valence-electron chi connectivity index (χ3n) is 4.59. The second-order valence-electron chi connectivity index (χ2n) is 6.76. The number of hydrogen-bond donors (Lipinski definition) is 2. The van der Waals surface area contributed by atoms with Gasteiger partial charge in [-0.3, -0.25) is 14.6 Å². The minimum Gasteiger partial charge on any atom is -0.348 e. The van der Waals surface area contributed by atoms with Crippen LogP contribution < -0.4 is 10.6 Å². The number of aryl methyl sites for hydroxylation is 2. The van der Waals surface area contributed by atoms with E-state index in [0.717, 1.165) is 11.1 Å². The predicted octanol–water partition coefficient (Wildman–Crippen LogP) is 1.87. The number of amides is 2. The molecule has 142 valence electrons. The zero-order valence-electron chi connectivity index (χ0n) is 15.2. The van der Waals surface area contributed by atoms with Crippen molar-refractivity contribution in [2.24, 2.45) is 0 Å². The fourth-order valence-corrected chi connectivity index (χ4v) is 4.56. The Balaban J connectivity index is 1.69. The first-order chi connectivity index (χ1) is 12.7. The molecule has 1 fully saturated rings. The molecule has 2 aromatic rings. The number of nitrogens with zero attached hydrogens (tertiary/aromatic N) is 1. The van der Waals surface area contributed by atoms with E-state index in [-0.39, 0.29) is 22.8 Å². The first kappa shape index (κ1) is 19.0. The van der Waals surface area contributed by atoms with Gasteiger partial charge in [0.2, 0.25) is 0 Å². The van der Waals surface area contributed by atoms with Gasteiger partial charge < -0.3 is 10.6 Å². The maximum absolute atomic E-state index is 12.4. The molecule has 0 saturated carbocycles. The first-order valence-electron chi connectivity index (χ1n) is 8.59. The molecule has 3 rings (SSSR count). The molecule has 8 heteroatoms. The minimum absolute atomic E-state index is 0.0516. The number of nitrogens with one attached hydrogen (secondary N) is 2. The number of anilines is 1. The molecular formula is C19H21N3O4S. The van der Waals surface area contributed by atoms with E-state index in [2.05, 4.69) is 15.6 Å². The third-order valence-corrected chi connectivity index (χ3v) is 6.36. The van der Waals surface area contributed by atoms with E-state index in [4.69, 9.17) is 0 Å². The smallest absolute Gasteiger partial charge is 0.274 e. The number of pyridine rings is 1. The summed E-state index contributed by atoms with van der Waals surface area (Å²) >= 11 is 0. The van der Waals surface area contributed by atoms with E-state index in [9.17, 15) is 18.0 Å². The third kappa shape index (κ3) is 4.71. The van der Waals surface area contributed by atoms with Crippen LogP contribution in [0.25, 0.3) is 0 Å². The Labute approximate surface area is 158 Å². The molecule has 2 N–H and O–H groups in total. The van der Waals surface area contributed by atoms with Crippen LogP contribution in [0.2, 0.25) is 0 Å². The quantitative estimate of drug-likeness (QED) is 0.833. The van der Waals surface area contributed by atoms with Crippen LogP contribution in [0.5, 0.6) is 0 Å². The highest BCUT2D eigenvalue weighted by Gasteiger charge is 2.29. The predicted molar refractivity (Wildman–Crippen MR) is 103 cm³/mol. The Morgan fingerprint density at radius 1 is 1.07 bits per heavy atom. The average molecular weight is 387 g/mol. The molecule has 1 aromatic heterocycles. The van der Waals surface area contributed by atoms with E-state index < -0.39 is 27.7 Å². The Morgan fingerprint density at radius 3 is 2.52 bits per heavy atom. The van der Waals surface area contributed by atoms with Gasteiger partial charge in [0.1, 0.15) is 5.69 Å². The second-order valence-corrected chi connectivity index (χ2v) is 8.99. The normalized spacial score (nSPS) is 18.1. The maximum atomic E-state index is 12.4. The second kappa shape index (κ2) is 7.48. The van der Waals surface area contributed by atoms with Crippen LogP contribution in [-0.2, 0) is 9.84 Å². The largest absolute Gasteiger partial charge is 0.348 e. The van der Waals surface area contributed by atoms with Crippen LogP contribution in [0.15, 0.2) is 36.5 Å². The molecule has 0 spiro atoms. The van der Waals surface area contributed by atoms with E-state index >= 15 is 0 Å². The Morgan fingerprint density at radius 2 is 1.85 bits per heavy atom. The number of carbonyl (C=O) groups is 2. The minimum atomic E-state index is -3.08. The summed E-state index contributed by atoms with van der Waals surface area (Å²) in [7, 11) is -3.08. The lowest BCUT2D eigenvalue weighted by molar-refractivity contribution is 0.0941. The maximum Gasteiger partial charge on any atom is 0.274 e. The number of carbonyl (C=O) groups excluding carboxylic acids is 2. The molecule has 0 radical (unpaired) electrons. The molecule has 0 aliphatic carbocycles. The zero-order valence-corrected chi connectivity index (χ0v) is 16.0. The molecule has 1 aliphatic rings. The Kier molecular flexibility index (Phi) is 5.27.